The van der Waals surface area contributed by atoms with Crippen LogP contribution in [0.3, 0.4) is 0 Å². The fourth-order valence-corrected chi connectivity index (χ4v) is 9.50. The SMILES string of the molecule is CCCCCCCCCCCC[PH](C)(CCCCCCCCCCCC)Cc1ccccc1. The quantitative estimate of drug-likeness (QED) is 0.103. The standard InChI is InChI=1S/C32H61P/c1-4-6-8-10-12-14-16-18-20-25-29-33(3,31-32-27-23-22-24-28-32)30-26-21-19-17-15-13-11-9-7-5-2/h22-24,27-28,33H,4-21,25-26,29-31H2,1-3H3. The summed E-state index contributed by atoms with van der Waals surface area (Å²) >= 11 is 0. The van der Waals surface area contributed by atoms with E-state index in [1.807, 2.05) is 0 Å². The molecule has 0 spiro atoms. The maximum absolute atomic E-state index is 2.72. The maximum atomic E-state index is 2.72. The van der Waals surface area contributed by atoms with Crippen LogP contribution in [0, 0.1) is 0 Å². The Labute approximate surface area is 210 Å². The molecule has 1 aromatic rings. The molecule has 0 aromatic heterocycles. The van der Waals surface area contributed by atoms with Gasteiger partial charge < -0.3 is 0 Å². The molecule has 1 aromatic carbocycles. The van der Waals surface area contributed by atoms with Crippen molar-refractivity contribution in [3.05, 3.63) is 35.9 Å². The van der Waals surface area contributed by atoms with Gasteiger partial charge in [-0.25, -0.2) is 0 Å². The van der Waals surface area contributed by atoms with E-state index in [0.717, 1.165) is 0 Å². The molecule has 0 aliphatic carbocycles. The summed E-state index contributed by atoms with van der Waals surface area (Å²) < 4.78 is 0. The zero-order chi connectivity index (χ0) is 23.9. The molecule has 0 amide bonds. The second-order valence-corrected chi connectivity index (χ2v) is 16.3. The van der Waals surface area contributed by atoms with Gasteiger partial charge in [0, 0.05) is 0 Å². The molecule has 0 N–H and O–H groups in total. The van der Waals surface area contributed by atoms with E-state index in [9.17, 15) is 0 Å². The Morgan fingerprint density at radius 1 is 0.455 bits per heavy atom. The Bertz CT molecular complexity index is 484. The van der Waals surface area contributed by atoms with E-state index in [2.05, 4.69) is 50.8 Å². The van der Waals surface area contributed by atoms with E-state index in [0.29, 0.717) is 0 Å². The summed E-state index contributed by atoms with van der Waals surface area (Å²) in [7, 11) is -1.17. The van der Waals surface area contributed by atoms with Crippen LogP contribution in [-0.2, 0) is 6.16 Å². The summed E-state index contributed by atoms with van der Waals surface area (Å²) in [6, 6.07) is 11.4. The summed E-state index contributed by atoms with van der Waals surface area (Å²) in [6.45, 7) is 7.35. The van der Waals surface area contributed by atoms with Crippen LogP contribution in [-0.4, -0.2) is 19.0 Å². The molecular formula is C32H61P. The van der Waals surface area contributed by atoms with Gasteiger partial charge in [0.1, 0.15) is 0 Å². The third-order valence-corrected chi connectivity index (χ3v) is 12.1. The summed E-state index contributed by atoms with van der Waals surface area (Å²) in [5.74, 6) is 0. The molecular weight excluding hydrogens is 415 g/mol. The van der Waals surface area contributed by atoms with E-state index < -0.39 is 7.26 Å². The van der Waals surface area contributed by atoms with Gasteiger partial charge in [-0.05, 0) is 0 Å². The predicted octanol–water partition coefficient (Wildman–Crippen LogP) is 11.4. The zero-order valence-corrected chi connectivity index (χ0v) is 24.2. The zero-order valence-electron chi connectivity index (χ0n) is 23.2. The molecule has 0 radical (unpaired) electrons. The second-order valence-electron chi connectivity index (χ2n) is 11.3. The van der Waals surface area contributed by atoms with Crippen molar-refractivity contribution >= 4 is 7.26 Å². The Kier molecular flexibility index (Phi) is 20.6. The second kappa shape index (κ2) is 22.1. The monoisotopic (exact) mass is 476 g/mol. The van der Waals surface area contributed by atoms with Gasteiger partial charge >= 0.3 is 211 Å². The molecule has 1 heteroatoms. The first kappa shape index (κ1) is 30.7. The molecule has 0 aliphatic heterocycles. The van der Waals surface area contributed by atoms with Crippen molar-refractivity contribution < 1.29 is 0 Å². The Hall–Kier alpha value is -0.350. The van der Waals surface area contributed by atoms with Crippen molar-refractivity contribution in [1.29, 1.82) is 0 Å². The van der Waals surface area contributed by atoms with Crippen molar-refractivity contribution in [1.82, 2.24) is 0 Å². The molecule has 0 saturated heterocycles. The summed E-state index contributed by atoms with van der Waals surface area (Å²) in [5.41, 5.74) is 1.60. The Morgan fingerprint density at radius 2 is 0.788 bits per heavy atom. The Morgan fingerprint density at radius 3 is 1.15 bits per heavy atom. The molecule has 0 bridgehead atoms. The van der Waals surface area contributed by atoms with Crippen molar-refractivity contribution in [2.45, 2.75) is 148 Å². The van der Waals surface area contributed by atoms with Crippen LogP contribution >= 0.6 is 7.26 Å². The average molecular weight is 477 g/mol. The summed E-state index contributed by atoms with van der Waals surface area (Å²) in [5, 5.41) is 0. The number of benzene rings is 1. The van der Waals surface area contributed by atoms with E-state index in [1.165, 1.54) is 135 Å². The molecule has 194 valence electrons. The minimum absolute atomic E-state index is 1.17. The van der Waals surface area contributed by atoms with Crippen LogP contribution in [0.2, 0.25) is 0 Å². The Balaban J connectivity index is 2.22. The van der Waals surface area contributed by atoms with Gasteiger partial charge in [-0.1, -0.05) is 0 Å². The summed E-state index contributed by atoms with van der Waals surface area (Å²) in [4.78, 5) is 0. The topological polar surface area (TPSA) is 0 Å². The van der Waals surface area contributed by atoms with Crippen molar-refractivity contribution in [3.63, 3.8) is 0 Å². The molecule has 0 saturated carbocycles. The summed E-state index contributed by atoms with van der Waals surface area (Å²) in [6.07, 6.45) is 33.7. The molecule has 0 aliphatic rings. The normalized spacial score (nSPS) is 12.3. The van der Waals surface area contributed by atoms with Crippen molar-refractivity contribution in [2.75, 3.05) is 19.0 Å². The van der Waals surface area contributed by atoms with Crippen LogP contribution < -0.4 is 0 Å². The first-order chi connectivity index (χ1) is 16.2. The van der Waals surface area contributed by atoms with Crippen molar-refractivity contribution in [3.8, 4) is 0 Å². The van der Waals surface area contributed by atoms with Gasteiger partial charge in [-0.3, -0.25) is 0 Å². The first-order valence-corrected chi connectivity index (χ1v) is 18.4. The number of hydrogen-bond donors (Lipinski definition) is 0. The number of unbranched alkanes of at least 4 members (excludes halogenated alkanes) is 18. The van der Waals surface area contributed by atoms with E-state index in [1.54, 1.807) is 17.9 Å². The third kappa shape index (κ3) is 18.6. The van der Waals surface area contributed by atoms with Gasteiger partial charge in [0.2, 0.25) is 0 Å². The van der Waals surface area contributed by atoms with Crippen LogP contribution in [0.1, 0.15) is 148 Å². The van der Waals surface area contributed by atoms with Gasteiger partial charge in [-0.2, -0.15) is 0 Å². The van der Waals surface area contributed by atoms with Crippen LogP contribution in [0.5, 0.6) is 0 Å². The van der Waals surface area contributed by atoms with Crippen LogP contribution in [0.25, 0.3) is 0 Å². The van der Waals surface area contributed by atoms with E-state index in [-0.39, 0.29) is 0 Å². The third-order valence-electron chi connectivity index (χ3n) is 7.74. The van der Waals surface area contributed by atoms with Crippen LogP contribution in [0.15, 0.2) is 30.3 Å². The van der Waals surface area contributed by atoms with Gasteiger partial charge in [0.15, 0.2) is 0 Å². The molecule has 0 heterocycles. The van der Waals surface area contributed by atoms with Gasteiger partial charge in [0.05, 0.1) is 0 Å². The molecule has 1 rings (SSSR count). The minimum atomic E-state index is -1.17. The average Bonchev–Trinajstić information content (AvgIpc) is 2.82. The number of hydrogen-bond acceptors (Lipinski definition) is 0. The fraction of sp³-hybridized carbons (Fsp3) is 0.812. The van der Waals surface area contributed by atoms with Gasteiger partial charge in [0.25, 0.3) is 0 Å². The van der Waals surface area contributed by atoms with E-state index in [4.69, 9.17) is 0 Å². The fourth-order valence-electron chi connectivity index (χ4n) is 5.47. The molecule has 0 nitrogen and oxygen atoms in total. The van der Waals surface area contributed by atoms with Crippen LogP contribution in [0.4, 0.5) is 0 Å². The number of rotatable bonds is 24. The first-order valence-electron chi connectivity index (χ1n) is 15.2. The molecule has 0 unspecified atom stereocenters. The van der Waals surface area contributed by atoms with Gasteiger partial charge in [-0.15, -0.1) is 0 Å². The van der Waals surface area contributed by atoms with Crippen molar-refractivity contribution in [2.24, 2.45) is 0 Å². The van der Waals surface area contributed by atoms with E-state index >= 15 is 0 Å². The molecule has 0 fully saturated rings. The predicted molar refractivity (Wildman–Crippen MR) is 158 cm³/mol. The molecule has 0 atom stereocenters. The molecule has 33 heavy (non-hydrogen) atoms.